The minimum absolute atomic E-state index is 0.0314. The molecule has 4 heteroatoms. The zero-order valence-electron chi connectivity index (χ0n) is 10.7. The van der Waals surface area contributed by atoms with Gasteiger partial charge in [-0.3, -0.25) is 14.5 Å². The summed E-state index contributed by atoms with van der Waals surface area (Å²) < 4.78 is 0. The summed E-state index contributed by atoms with van der Waals surface area (Å²) in [5.74, 6) is -0.693. The number of amides is 2. The Balaban J connectivity index is 1.84. The van der Waals surface area contributed by atoms with Gasteiger partial charge in [0.1, 0.15) is 0 Å². The van der Waals surface area contributed by atoms with Gasteiger partial charge < -0.3 is 5.11 Å². The van der Waals surface area contributed by atoms with Crippen molar-refractivity contribution in [3.63, 3.8) is 0 Å². The molecule has 1 atom stereocenters. The second-order valence-electron chi connectivity index (χ2n) is 4.69. The number of β-amino-alcohol motifs (C(OH)–C–C–N with tert-alkyl or cyclic N) is 1. The number of rotatable bonds is 3. The van der Waals surface area contributed by atoms with Gasteiger partial charge in [0.2, 0.25) is 0 Å². The van der Waals surface area contributed by atoms with E-state index in [0.29, 0.717) is 16.7 Å². The molecule has 0 saturated heterocycles. The molecular formula is C16H13NO3. The van der Waals surface area contributed by atoms with E-state index in [2.05, 4.69) is 0 Å². The van der Waals surface area contributed by atoms with Gasteiger partial charge in [0.05, 0.1) is 23.8 Å². The predicted octanol–water partition coefficient (Wildman–Crippen LogP) is 2.02. The van der Waals surface area contributed by atoms with Crippen molar-refractivity contribution in [3.05, 3.63) is 71.3 Å². The maximum atomic E-state index is 12.2. The SMILES string of the molecule is O=C1c2ccccc2C(=O)N1CC(O)c1ccccc1. The van der Waals surface area contributed by atoms with Crippen molar-refractivity contribution in [2.45, 2.75) is 6.10 Å². The molecule has 0 fully saturated rings. The summed E-state index contributed by atoms with van der Waals surface area (Å²) in [6.07, 6.45) is -0.876. The summed E-state index contributed by atoms with van der Waals surface area (Å²) in [5.41, 5.74) is 1.49. The fourth-order valence-electron chi connectivity index (χ4n) is 2.36. The Kier molecular flexibility index (Phi) is 3.08. The minimum atomic E-state index is -0.876. The highest BCUT2D eigenvalue weighted by Crippen LogP contribution is 2.25. The Morgan fingerprint density at radius 2 is 1.35 bits per heavy atom. The first kappa shape index (κ1) is 12.6. The van der Waals surface area contributed by atoms with Crippen LogP contribution in [-0.2, 0) is 0 Å². The summed E-state index contributed by atoms with van der Waals surface area (Å²) in [6.45, 7) is -0.0314. The summed E-state index contributed by atoms with van der Waals surface area (Å²) >= 11 is 0. The Bertz CT molecular complexity index is 631. The van der Waals surface area contributed by atoms with Crippen LogP contribution in [0.2, 0.25) is 0 Å². The number of imide groups is 1. The number of fused-ring (bicyclic) bond motifs is 1. The lowest BCUT2D eigenvalue weighted by molar-refractivity contribution is 0.0543. The summed E-state index contributed by atoms with van der Waals surface area (Å²) in [5, 5.41) is 10.1. The Hall–Kier alpha value is -2.46. The van der Waals surface area contributed by atoms with Gasteiger partial charge in [-0.2, -0.15) is 0 Å². The quantitative estimate of drug-likeness (QED) is 0.865. The van der Waals surface area contributed by atoms with E-state index in [0.717, 1.165) is 4.90 Å². The standard InChI is InChI=1S/C16H13NO3/c18-14(11-6-2-1-3-7-11)10-17-15(19)12-8-4-5-9-13(12)16(17)20/h1-9,14,18H,10H2. The number of hydrogen-bond donors (Lipinski definition) is 1. The molecule has 2 aromatic carbocycles. The summed E-state index contributed by atoms with van der Waals surface area (Å²) in [6, 6.07) is 15.7. The minimum Gasteiger partial charge on any atom is -0.387 e. The first-order valence-corrected chi connectivity index (χ1v) is 6.36. The fourth-order valence-corrected chi connectivity index (χ4v) is 2.36. The molecule has 1 unspecified atom stereocenters. The van der Waals surface area contributed by atoms with Crippen LogP contribution >= 0.6 is 0 Å². The lowest BCUT2D eigenvalue weighted by atomic mass is 10.1. The van der Waals surface area contributed by atoms with Gasteiger partial charge in [0, 0.05) is 0 Å². The van der Waals surface area contributed by atoms with Gasteiger partial charge in [0.15, 0.2) is 0 Å². The van der Waals surface area contributed by atoms with E-state index in [4.69, 9.17) is 0 Å². The molecule has 0 bridgehead atoms. The van der Waals surface area contributed by atoms with Gasteiger partial charge in [-0.15, -0.1) is 0 Å². The van der Waals surface area contributed by atoms with Crippen LogP contribution < -0.4 is 0 Å². The predicted molar refractivity (Wildman–Crippen MR) is 73.2 cm³/mol. The molecule has 0 aliphatic carbocycles. The van der Waals surface area contributed by atoms with Gasteiger partial charge in [-0.25, -0.2) is 0 Å². The highest BCUT2D eigenvalue weighted by Gasteiger charge is 2.36. The molecule has 0 radical (unpaired) electrons. The van der Waals surface area contributed by atoms with Crippen LogP contribution in [0.3, 0.4) is 0 Å². The third-order valence-corrected chi connectivity index (χ3v) is 3.42. The molecule has 100 valence electrons. The summed E-state index contributed by atoms with van der Waals surface area (Å²) in [4.78, 5) is 25.4. The van der Waals surface area contributed by atoms with Crippen LogP contribution in [0.4, 0.5) is 0 Å². The van der Waals surface area contributed by atoms with Gasteiger partial charge in [-0.1, -0.05) is 42.5 Å². The topological polar surface area (TPSA) is 57.6 Å². The first-order valence-electron chi connectivity index (χ1n) is 6.36. The lowest BCUT2D eigenvalue weighted by Gasteiger charge is -2.18. The molecular weight excluding hydrogens is 254 g/mol. The molecule has 2 amide bonds. The van der Waals surface area contributed by atoms with Crippen molar-refractivity contribution in [1.82, 2.24) is 4.90 Å². The monoisotopic (exact) mass is 267 g/mol. The van der Waals surface area contributed by atoms with Crippen LogP contribution in [-0.4, -0.2) is 28.4 Å². The van der Waals surface area contributed by atoms with E-state index in [1.165, 1.54) is 0 Å². The second-order valence-corrected chi connectivity index (χ2v) is 4.69. The second kappa shape index (κ2) is 4.90. The van der Waals surface area contributed by atoms with Crippen molar-refractivity contribution >= 4 is 11.8 Å². The van der Waals surface area contributed by atoms with Crippen LogP contribution in [0.5, 0.6) is 0 Å². The van der Waals surface area contributed by atoms with Crippen LogP contribution in [0.15, 0.2) is 54.6 Å². The molecule has 4 nitrogen and oxygen atoms in total. The van der Waals surface area contributed by atoms with Crippen LogP contribution in [0.1, 0.15) is 32.4 Å². The number of nitrogens with zero attached hydrogens (tertiary/aromatic N) is 1. The molecule has 0 spiro atoms. The van der Waals surface area contributed by atoms with Crippen molar-refractivity contribution in [2.75, 3.05) is 6.54 Å². The molecule has 1 N–H and O–H groups in total. The van der Waals surface area contributed by atoms with E-state index in [-0.39, 0.29) is 18.4 Å². The zero-order valence-corrected chi connectivity index (χ0v) is 10.7. The highest BCUT2D eigenvalue weighted by molar-refractivity contribution is 6.21. The van der Waals surface area contributed by atoms with E-state index >= 15 is 0 Å². The average molecular weight is 267 g/mol. The van der Waals surface area contributed by atoms with Crippen molar-refractivity contribution < 1.29 is 14.7 Å². The van der Waals surface area contributed by atoms with Crippen LogP contribution in [0.25, 0.3) is 0 Å². The number of aliphatic hydroxyl groups excluding tert-OH is 1. The third kappa shape index (κ3) is 2.00. The molecule has 3 rings (SSSR count). The largest absolute Gasteiger partial charge is 0.387 e. The first-order chi connectivity index (χ1) is 9.68. The maximum Gasteiger partial charge on any atom is 0.261 e. The van der Waals surface area contributed by atoms with Crippen LogP contribution in [0, 0.1) is 0 Å². The number of benzene rings is 2. The molecule has 1 aliphatic rings. The molecule has 0 saturated carbocycles. The van der Waals surface area contributed by atoms with Crippen molar-refractivity contribution in [1.29, 1.82) is 0 Å². The van der Waals surface area contributed by atoms with Gasteiger partial charge >= 0.3 is 0 Å². The molecule has 20 heavy (non-hydrogen) atoms. The van der Waals surface area contributed by atoms with E-state index in [1.54, 1.807) is 48.5 Å². The number of aliphatic hydroxyl groups is 1. The lowest BCUT2D eigenvalue weighted by Crippen LogP contribution is -2.33. The smallest absolute Gasteiger partial charge is 0.261 e. The summed E-state index contributed by atoms with van der Waals surface area (Å²) in [7, 11) is 0. The van der Waals surface area contributed by atoms with E-state index < -0.39 is 6.10 Å². The van der Waals surface area contributed by atoms with Crippen molar-refractivity contribution in [3.8, 4) is 0 Å². The normalized spacial score (nSPS) is 15.3. The van der Waals surface area contributed by atoms with Gasteiger partial charge in [-0.05, 0) is 17.7 Å². The highest BCUT2D eigenvalue weighted by atomic mass is 16.3. The molecule has 1 heterocycles. The van der Waals surface area contributed by atoms with E-state index in [9.17, 15) is 14.7 Å². The molecule has 1 aliphatic heterocycles. The molecule has 0 aromatic heterocycles. The number of carbonyl (C=O) groups excluding carboxylic acids is 2. The van der Waals surface area contributed by atoms with E-state index in [1.807, 2.05) is 6.07 Å². The third-order valence-electron chi connectivity index (χ3n) is 3.42. The Morgan fingerprint density at radius 3 is 1.90 bits per heavy atom. The molecule has 2 aromatic rings. The number of hydrogen-bond acceptors (Lipinski definition) is 3. The zero-order chi connectivity index (χ0) is 14.1. The number of carbonyl (C=O) groups is 2. The van der Waals surface area contributed by atoms with Crippen molar-refractivity contribution in [2.24, 2.45) is 0 Å². The fraction of sp³-hybridized carbons (Fsp3) is 0.125. The average Bonchev–Trinajstić information content (AvgIpc) is 2.74. The van der Waals surface area contributed by atoms with Gasteiger partial charge in [0.25, 0.3) is 11.8 Å². The Labute approximate surface area is 116 Å². The maximum absolute atomic E-state index is 12.2. The Morgan fingerprint density at radius 1 is 0.850 bits per heavy atom.